The van der Waals surface area contributed by atoms with Gasteiger partial charge in [0.05, 0.1) is 12.8 Å². The van der Waals surface area contributed by atoms with E-state index >= 15 is 0 Å². The molecule has 1 fully saturated rings. The van der Waals surface area contributed by atoms with Crippen LogP contribution < -0.4 is 20.3 Å². The van der Waals surface area contributed by atoms with E-state index in [0.29, 0.717) is 17.5 Å². The largest absolute Gasteiger partial charge is 0.495 e. The molecule has 1 aromatic carbocycles. The number of aliphatic imine (C=N–C) groups is 1. The van der Waals surface area contributed by atoms with E-state index in [9.17, 15) is 4.79 Å². The van der Waals surface area contributed by atoms with Crippen LogP contribution in [0, 0.1) is 0 Å². The fraction of sp³-hybridized carbons (Fsp3) is 0.500. The number of carbonyl (C=O) groups excluding carboxylic acids is 1. The lowest BCUT2D eigenvalue weighted by Crippen LogP contribution is -2.45. The van der Waals surface area contributed by atoms with E-state index in [0.717, 1.165) is 36.5 Å². The lowest BCUT2D eigenvalue weighted by molar-refractivity contribution is -0.127. The van der Waals surface area contributed by atoms with Crippen LogP contribution in [0.25, 0.3) is 0 Å². The standard InChI is InChI=1S/C20H30ClN5O2/c1-14(2)11-22-20(23-12-19(27)25(3)4)24-16-8-9-26(13-16)17-10-15(21)6-7-18(17)28-5/h6-7,10,16H,1,8-9,11-13H2,2-5H3,(H2,22,23,24). The molecular weight excluding hydrogens is 378 g/mol. The highest BCUT2D eigenvalue weighted by molar-refractivity contribution is 6.30. The number of halogens is 1. The zero-order valence-electron chi connectivity index (χ0n) is 17.1. The quantitative estimate of drug-likeness (QED) is 0.411. The van der Waals surface area contributed by atoms with Crippen molar-refractivity contribution < 1.29 is 9.53 Å². The minimum Gasteiger partial charge on any atom is -0.495 e. The lowest BCUT2D eigenvalue weighted by Gasteiger charge is -2.22. The zero-order valence-corrected chi connectivity index (χ0v) is 17.8. The Balaban J connectivity index is 2.05. The van der Waals surface area contributed by atoms with Gasteiger partial charge in [-0.05, 0) is 31.5 Å². The van der Waals surface area contributed by atoms with Crippen molar-refractivity contribution in [1.82, 2.24) is 15.5 Å². The Morgan fingerprint density at radius 1 is 1.46 bits per heavy atom. The van der Waals surface area contributed by atoms with Crippen molar-refractivity contribution in [3.05, 3.63) is 35.4 Å². The molecule has 154 valence electrons. The van der Waals surface area contributed by atoms with E-state index in [-0.39, 0.29) is 18.5 Å². The summed E-state index contributed by atoms with van der Waals surface area (Å²) in [5.74, 6) is 1.37. The average Bonchev–Trinajstić information content (AvgIpc) is 3.11. The molecule has 0 aliphatic carbocycles. The Kier molecular flexibility index (Phi) is 7.99. The number of hydrogen-bond acceptors (Lipinski definition) is 4. The number of amides is 1. The second kappa shape index (κ2) is 10.2. The maximum Gasteiger partial charge on any atom is 0.243 e. The molecule has 0 aromatic heterocycles. The topological polar surface area (TPSA) is 69.2 Å². The van der Waals surface area contributed by atoms with Crippen molar-refractivity contribution in [3.63, 3.8) is 0 Å². The molecule has 1 aromatic rings. The summed E-state index contributed by atoms with van der Waals surface area (Å²) in [5, 5.41) is 7.34. The lowest BCUT2D eigenvalue weighted by atomic mass is 10.2. The number of ether oxygens (including phenoxy) is 1. The summed E-state index contributed by atoms with van der Waals surface area (Å²) in [4.78, 5) is 20.1. The first-order valence-corrected chi connectivity index (χ1v) is 9.65. The predicted octanol–water partition coefficient (Wildman–Crippen LogP) is 2.13. The van der Waals surface area contributed by atoms with Crippen molar-refractivity contribution in [3.8, 4) is 5.75 Å². The smallest absolute Gasteiger partial charge is 0.243 e. The second-order valence-corrected chi connectivity index (χ2v) is 7.59. The number of likely N-dealkylation sites (N-methyl/N-ethyl adjacent to an activating group) is 1. The van der Waals surface area contributed by atoms with E-state index in [1.165, 1.54) is 4.90 Å². The van der Waals surface area contributed by atoms with Gasteiger partial charge < -0.3 is 25.2 Å². The van der Waals surface area contributed by atoms with Crippen LogP contribution in [-0.2, 0) is 4.79 Å². The van der Waals surface area contributed by atoms with Gasteiger partial charge in [-0.25, -0.2) is 4.99 Å². The van der Waals surface area contributed by atoms with Crippen LogP contribution >= 0.6 is 11.6 Å². The number of carbonyl (C=O) groups is 1. The minimum absolute atomic E-state index is 0.0480. The summed E-state index contributed by atoms with van der Waals surface area (Å²) in [5.41, 5.74) is 1.97. The zero-order chi connectivity index (χ0) is 20.7. The normalized spacial score (nSPS) is 16.7. The number of benzene rings is 1. The molecule has 0 radical (unpaired) electrons. The summed E-state index contributed by atoms with van der Waals surface area (Å²) in [6.45, 7) is 8.20. The van der Waals surface area contributed by atoms with Gasteiger partial charge >= 0.3 is 0 Å². The van der Waals surface area contributed by atoms with Gasteiger partial charge in [-0.1, -0.05) is 23.8 Å². The van der Waals surface area contributed by atoms with Gasteiger partial charge in [0.15, 0.2) is 5.96 Å². The van der Waals surface area contributed by atoms with Gasteiger partial charge in [0.2, 0.25) is 5.91 Å². The molecule has 7 nitrogen and oxygen atoms in total. The number of nitrogens with one attached hydrogen (secondary N) is 2. The van der Waals surface area contributed by atoms with Crippen molar-refractivity contribution in [2.75, 3.05) is 52.3 Å². The molecule has 0 spiro atoms. The fourth-order valence-corrected chi connectivity index (χ4v) is 3.04. The fourth-order valence-electron chi connectivity index (χ4n) is 2.88. The summed E-state index contributed by atoms with van der Waals surface area (Å²) >= 11 is 6.17. The highest BCUT2D eigenvalue weighted by Crippen LogP contribution is 2.33. The highest BCUT2D eigenvalue weighted by Gasteiger charge is 2.25. The van der Waals surface area contributed by atoms with Crippen LogP contribution in [-0.4, -0.2) is 70.2 Å². The molecule has 1 atom stereocenters. The number of anilines is 1. The third-order valence-corrected chi connectivity index (χ3v) is 4.67. The van der Waals surface area contributed by atoms with Crippen molar-refractivity contribution in [2.24, 2.45) is 4.99 Å². The first kappa shape index (κ1) is 21.9. The van der Waals surface area contributed by atoms with E-state index in [1.54, 1.807) is 21.2 Å². The van der Waals surface area contributed by atoms with Crippen LogP contribution in [0.4, 0.5) is 5.69 Å². The molecule has 1 aliphatic heterocycles. The van der Waals surface area contributed by atoms with Gasteiger partial charge in [-0.3, -0.25) is 4.79 Å². The van der Waals surface area contributed by atoms with Gasteiger partial charge in [-0.2, -0.15) is 0 Å². The Morgan fingerprint density at radius 2 is 2.21 bits per heavy atom. The van der Waals surface area contributed by atoms with Gasteiger partial charge in [0.1, 0.15) is 12.3 Å². The second-order valence-electron chi connectivity index (χ2n) is 7.16. The summed E-state index contributed by atoms with van der Waals surface area (Å²) in [6, 6.07) is 5.82. The van der Waals surface area contributed by atoms with E-state index in [1.807, 2.05) is 25.1 Å². The number of rotatable bonds is 7. The number of guanidine groups is 1. The van der Waals surface area contributed by atoms with Crippen LogP contribution in [0.1, 0.15) is 13.3 Å². The van der Waals surface area contributed by atoms with Crippen LogP contribution in [0.5, 0.6) is 5.75 Å². The predicted molar refractivity (Wildman–Crippen MR) is 116 cm³/mol. The third-order valence-electron chi connectivity index (χ3n) is 4.44. The van der Waals surface area contributed by atoms with Gasteiger partial charge in [-0.15, -0.1) is 0 Å². The molecule has 0 saturated carbocycles. The molecule has 1 amide bonds. The summed E-state index contributed by atoms with van der Waals surface area (Å²) < 4.78 is 5.47. The molecule has 1 unspecified atom stereocenters. The molecule has 2 N–H and O–H groups in total. The molecule has 0 bridgehead atoms. The summed E-state index contributed by atoms with van der Waals surface area (Å²) in [6.07, 6.45) is 0.936. The van der Waals surface area contributed by atoms with Crippen LogP contribution in [0.15, 0.2) is 35.3 Å². The SMILES string of the molecule is C=C(C)CNC(=NCC(=O)N(C)C)NC1CCN(c2cc(Cl)ccc2OC)C1. The van der Waals surface area contributed by atoms with Crippen LogP contribution in [0.3, 0.4) is 0 Å². The molecule has 1 saturated heterocycles. The first-order valence-electron chi connectivity index (χ1n) is 9.28. The van der Waals surface area contributed by atoms with E-state index < -0.39 is 0 Å². The minimum atomic E-state index is -0.0480. The number of hydrogen-bond donors (Lipinski definition) is 2. The monoisotopic (exact) mass is 407 g/mol. The Morgan fingerprint density at radius 3 is 2.86 bits per heavy atom. The first-order chi connectivity index (χ1) is 13.3. The average molecular weight is 408 g/mol. The molecule has 2 rings (SSSR count). The maximum atomic E-state index is 11.9. The highest BCUT2D eigenvalue weighted by atomic mass is 35.5. The Labute approximate surface area is 172 Å². The van der Waals surface area contributed by atoms with E-state index in [2.05, 4.69) is 27.1 Å². The Bertz CT molecular complexity index is 735. The number of methoxy groups -OCH3 is 1. The van der Waals surface area contributed by atoms with Crippen molar-refractivity contribution in [1.29, 1.82) is 0 Å². The third kappa shape index (κ3) is 6.34. The van der Waals surface area contributed by atoms with Crippen molar-refractivity contribution >= 4 is 29.2 Å². The van der Waals surface area contributed by atoms with Crippen LogP contribution in [0.2, 0.25) is 5.02 Å². The Hall–Kier alpha value is -2.41. The van der Waals surface area contributed by atoms with Crippen molar-refractivity contribution in [2.45, 2.75) is 19.4 Å². The molecular formula is C20H30ClN5O2. The maximum absolute atomic E-state index is 11.9. The van der Waals surface area contributed by atoms with E-state index in [4.69, 9.17) is 16.3 Å². The molecule has 1 aliphatic rings. The summed E-state index contributed by atoms with van der Waals surface area (Å²) in [7, 11) is 5.10. The van der Waals surface area contributed by atoms with Gasteiger partial charge in [0, 0.05) is 44.8 Å². The van der Waals surface area contributed by atoms with Gasteiger partial charge in [0.25, 0.3) is 0 Å². The molecule has 8 heteroatoms. The molecule has 28 heavy (non-hydrogen) atoms. The number of nitrogens with zero attached hydrogens (tertiary/aromatic N) is 3. The molecule has 1 heterocycles.